The predicted octanol–water partition coefficient (Wildman–Crippen LogP) is 9.43. The van der Waals surface area contributed by atoms with E-state index in [2.05, 4.69) is 62.9 Å². The van der Waals surface area contributed by atoms with Crippen LogP contribution in [0.4, 0.5) is 19.4 Å². The van der Waals surface area contributed by atoms with E-state index in [1.54, 1.807) is 18.3 Å². The fraction of sp³-hybridized carbons (Fsp3) is 0.545. The monoisotopic (exact) mass is 783 g/mol. The molecule has 2 bridgehead atoms. The minimum absolute atomic E-state index is 0.00179. The third kappa shape index (κ3) is 7.21. The quantitative estimate of drug-likeness (QED) is 0.132. The van der Waals surface area contributed by atoms with Crippen LogP contribution in [0, 0.1) is 28.5 Å². The van der Waals surface area contributed by atoms with Crippen LogP contribution in [0.1, 0.15) is 93.6 Å². The number of nitrogens with zero attached hydrogens (tertiary/aromatic N) is 5. The smallest absolute Gasteiger partial charge is 0.410 e. The first-order chi connectivity index (χ1) is 26.5. The van der Waals surface area contributed by atoms with Crippen LogP contribution in [-0.4, -0.2) is 83.1 Å². The molecule has 2 atom stereocenters. The first-order valence-corrected chi connectivity index (χ1v) is 22.3. The Morgan fingerprint density at radius 2 is 1.66 bits per heavy atom. The van der Waals surface area contributed by atoms with Gasteiger partial charge in [-0.1, -0.05) is 71.7 Å². The first-order valence-electron chi connectivity index (χ1n) is 20.1. The van der Waals surface area contributed by atoms with Gasteiger partial charge in [-0.15, -0.1) is 5.54 Å². The van der Waals surface area contributed by atoms with Gasteiger partial charge in [-0.3, -0.25) is 9.88 Å². The number of rotatable bonds is 9. The second-order valence-electron chi connectivity index (χ2n) is 18.1. The van der Waals surface area contributed by atoms with Crippen molar-refractivity contribution in [3.63, 3.8) is 0 Å². The van der Waals surface area contributed by atoms with E-state index >= 15 is 8.78 Å². The summed E-state index contributed by atoms with van der Waals surface area (Å²) in [6, 6.07) is 8.35. The van der Waals surface area contributed by atoms with E-state index in [0.717, 1.165) is 31.1 Å². The zero-order valence-electron chi connectivity index (χ0n) is 34.2. The number of piperazine rings is 1. The van der Waals surface area contributed by atoms with Crippen molar-refractivity contribution in [3.8, 4) is 28.7 Å². The highest BCUT2D eigenvalue weighted by Crippen LogP contribution is 2.46. The fourth-order valence-corrected chi connectivity index (χ4v) is 14.4. The summed E-state index contributed by atoms with van der Waals surface area (Å²) in [6.45, 7) is 20.0. The van der Waals surface area contributed by atoms with Gasteiger partial charge < -0.3 is 19.5 Å². The lowest BCUT2D eigenvalue weighted by atomic mass is 9.96. The van der Waals surface area contributed by atoms with E-state index in [0.29, 0.717) is 51.9 Å². The molecule has 1 amide bonds. The summed E-state index contributed by atoms with van der Waals surface area (Å²) in [4.78, 5) is 31.3. The van der Waals surface area contributed by atoms with Gasteiger partial charge in [-0.05, 0) is 74.5 Å². The molecule has 2 aliphatic heterocycles. The average molecular weight is 784 g/mol. The Bertz CT molecular complexity index is 2190. The van der Waals surface area contributed by atoms with Gasteiger partial charge in [-0.2, -0.15) is 9.97 Å². The largest absolute Gasteiger partial charge is 0.463 e. The van der Waals surface area contributed by atoms with Crippen LogP contribution in [0.3, 0.4) is 0 Å². The SMILES string of the molecule is CC(C)[Si](C#Cc1c(F)ccc2cccc(-c3ncc4c(N5CC6CCC(C5)N6C(=O)OC(C)(C)C)nc(OCC5(CO)CC5)nc4c3F)c12)(C(C)C)C(C)C. The molecule has 56 heavy (non-hydrogen) atoms. The number of fused-ring (bicyclic) bond motifs is 4. The van der Waals surface area contributed by atoms with Crippen molar-refractivity contribution in [3.05, 3.63) is 53.7 Å². The Labute approximate surface area is 330 Å². The summed E-state index contributed by atoms with van der Waals surface area (Å²) in [5.74, 6) is 2.65. The highest BCUT2D eigenvalue weighted by molar-refractivity contribution is 6.90. The zero-order chi connectivity index (χ0) is 40.3. The minimum atomic E-state index is -2.24. The van der Waals surface area contributed by atoms with Crippen LogP contribution in [-0.2, 0) is 4.74 Å². The van der Waals surface area contributed by atoms with Gasteiger partial charge in [0.1, 0.15) is 36.5 Å². The predicted molar refractivity (Wildman–Crippen MR) is 219 cm³/mol. The van der Waals surface area contributed by atoms with E-state index in [-0.39, 0.29) is 59.6 Å². The number of pyridine rings is 1. The molecule has 1 aliphatic carbocycles. The highest BCUT2D eigenvalue weighted by Gasteiger charge is 2.46. The maximum Gasteiger partial charge on any atom is 0.410 e. The molecule has 3 fully saturated rings. The van der Waals surface area contributed by atoms with Crippen molar-refractivity contribution in [2.24, 2.45) is 5.41 Å². The fourth-order valence-electron chi connectivity index (χ4n) is 9.22. The number of hydrogen-bond donors (Lipinski definition) is 1. The summed E-state index contributed by atoms with van der Waals surface area (Å²) >= 11 is 0. The van der Waals surface area contributed by atoms with E-state index in [1.165, 1.54) is 6.07 Å². The lowest BCUT2D eigenvalue weighted by molar-refractivity contribution is 0.0122. The number of anilines is 1. The van der Waals surface area contributed by atoms with Crippen molar-refractivity contribution in [2.45, 2.75) is 122 Å². The summed E-state index contributed by atoms with van der Waals surface area (Å²) in [7, 11) is -2.24. The molecule has 12 heteroatoms. The molecule has 4 heterocycles. The number of carbonyl (C=O) groups is 1. The Balaban J connectivity index is 1.35. The number of amides is 1. The van der Waals surface area contributed by atoms with Crippen molar-refractivity contribution in [1.29, 1.82) is 0 Å². The first kappa shape index (κ1) is 39.9. The number of ether oxygens (including phenoxy) is 2. The van der Waals surface area contributed by atoms with Crippen molar-refractivity contribution >= 4 is 41.7 Å². The molecule has 9 nitrogen and oxygen atoms in total. The summed E-state index contributed by atoms with van der Waals surface area (Å²) < 4.78 is 45.2. The van der Waals surface area contributed by atoms with E-state index in [1.807, 2.05) is 37.8 Å². The Hall–Kier alpha value is -4.34. The number of aliphatic hydroxyl groups is 1. The Morgan fingerprint density at radius 1 is 1.00 bits per heavy atom. The van der Waals surface area contributed by atoms with Crippen molar-refractivity contribution in [2.75, 3.05) is 31.2 Å². The lowest BCUT2D eigenvalue weighted by Gasteiger charge is -2.42. The van der Waals surface area contributed by atoms with Gasteiger partial charge in [0.05, 0.1) is 36.2 Å². The maximum absolute atomic E-state index is 17.3. The number of aliphatic hydroxyl groups excluding tert-OH is 1. The van der Waals surface area contributed by atoms with Crippen LogP contribution < -0.4 is 9.64 Å². The zero-order valence-corrected chi connectivity index (χ0v) is 35.2. The molecule has 1 N–H and O–H groups in total. The topological polar surface area (TPSA) is 101 Å². The molecule has 298 valence electrons. The standard InChI is InChI=1S/C44H55F2N5O4Si/c1-26(2)56(27(3)4,28(5)6)20-17-32-35(45)16-13-29-11-10-12-33(36(29)32)38-37(46)39-34(21-47-38)40(49-41(48-39)54-25-44(24-52)18-19-44)50-22-30-14-15-31(23-50)51(30)42(53)55-43(7,8)9/h10-13,16,21,26-28,30-31,52H,14-15,18-19,22-25H2,1-9H3. The molecule has 3 aliphatic rings. The molecular weight excluding hydrogens is 729 g/mol. The maximum atomic E-state index is 17.3. The second-order valence-corrected chi connectivity index (χ2v) is 23.7. The van der Waals surface area contributed by atoms with Gasteiger partial charge in [0.2, 0.25) is 0 Å². The van der Waals surface area contributed by atoms with Gasteiger partial charge in [0.25, 0.3) is 0 Å². The normalized spacial score (nSPS) is 19.3. The molecular formula is C44H55F2N5O4Si. The van der Waals surface area contributed by atoms with Crippen molar-refractivity contribution in [1.82, 2.24) is 19.9 Å². The van der Waals surface area contributed by atoms with E-state index < -0.39 is 25.3 Å². The number of benzene rings is 2. The van der Waals surface area contributed by atoms with E-state index in [4.69, 9.17) is 19.4 Å². The Kier molecular flexibility index (Phi) is 10.6. The molecule has 7 rings (SSSR count). The molecule has 2 saturated heterocycles. The molecule has 4 aromatic rings. The number of hydrogen-bond acceptors (Lipinski definition) is 8. The molecule has 0 spiro atoms. The van der Waals surface area contributed by atoms with Crippen LogP contribution in [0.25, 0.3) is 32.9 Å². The molecule has 0 radical (unpaired) electrons. The number of halogens is 2. The minimum Gasteiger partial charge on any atom is -0.463 e. The molecule has 1 saturated carbocycles. The Morgan fingerprint density at radius 3 is 2.25 bits per heavy atom. The average Bonchev–Trinajstić information content (AvgIpc) is 3.87. The van der Waals surface area contributed by atoms with Crippen LogP contribution in [0.2, 0.25) is 16.6 Å². The van der Waals surface area contributed by atoms with Gasteiger partial charge in [0.15, 0.2) is 5.82 Å². The van der Waals surface area contributed by atoms with Gasteiger partial charge >= 0.3 is 12.1 Å². The van der Waals surface area contributed by atoms with Crippen LogP contribution >= 0.6 is 0 Å². The third-order valence-electron chi connectivity index (χ3n) is 12.3. The number of aromatic nitrogens is 3. The van der Waals surface area contributed by atoms with Crippen LogP contribution in [0.15, 0.2) is 36.5 Å². The van der Waals surface area contributed by atoms with Gasteiger partial charge in [0, 0.05) is 35.7 Å². The third-order valence-corrected chi connectivity index (χ3v) is 18.6. The summed E-state index contributed by atoms with van der Waals surface area (Å²) in [6.07, 6.45) is 4.50. The highest BCUT2D eigenvalue weighted by atomic mass is 28.3. The lowest BCUT2D eigenvalue weighted by Crippen LogP contribution is -2.57. The molecule has 2 aromatic carbocycles. The summed E-state index contributed by atoms with van der Waals surface area (Å²) in [5, 5.41) is 11.6. The summed E-state index contributed by atoms with van der Waals surface area (Å²) in [5.41, 5.74) is 4.43. The van der Waals surface area contributed by atoms with Crippen molar-refractivity contribution < 1.29 is 28.2 Å². The molecule has 2 unspecified atom stereocenters. The number of carbonyl (C=O) groups excluding carboxylic acids is 1. The second kappa shape index (κ2) is 14.9. The molecule has 2 aromatic heterocycles. The van der Waals surface area contributed by atoms with E-state index in [9.17, 15) is 9.90 Å². The van der Waals surface area contributed by atoms with Crippen LogP contribution in [0.5, 0.6) is 6.01 Å². The van der Waals surface area contributed by atoms with Gasteiger partial charge in [-0.25, -0.2) is 13.6 Å².